The highest BCUT2D eigenvalue weighted by molar-refractivity contribution is 7.75. The van der Waals surface area contributed by atoms with E-state index in [1.807, 2.05) is 36.4 Å². The van der Waals surface area contributed by atoms with Crippen LogP contribution in [-0.2, 0) is 6.42 Å². The number of thiol groups is 1. The Morgan fingerprint density at radius 3 is 2.38 bits per heavy atom. The van der Waals surface area contributed by atoms with Crippen LogP contribution in [0, 0.1) is 0 Å². The van der Waals surface area contributed by atoms with Crippen molar-refractivity contribution >= 4 is 35.3 Å². The first kappa shape index (κ1) is 15.5. The van der Waals surface area contributed by atoms with Gasteiger partial charge < -0.3 is 13.7 Å². The molecule has 0 N–H and O–H groups in total. The maximum atomic E-state index is 6.76. The van der Waals surface area contributed by atoms with E-state index < -0.39 is 0 Å². The largest absolute Gasteiger partial charge is 0.497 e. The van der Waals surface area contributed by atoms with Gasteiger partial charge in [-0.1, -0.05) is 17.7 Å². The molecule has 5 heteroatoms. The Kier molecular flexibility index (Phi) is 3.74. The van der Waals surface area contributed by atoms with Crippen molar-refractivity contribution < 1.29 is 13.7 Å². The minimum absolute atomic E-state index is 0.723. The zero-order valence-electron chi connectivity index (χ0n) is 13.2. The molecule has 0 unspecified atom stereocenters. The zero-order chi connectivity index (χ0) is 16.8. The van der Waals surface area contributed by atoms with Crippen LogP contribution in [0.2, 0.25) is 5.02 Å². The molecule has 1 aliphatic rings. The number of fused-ring (bicyclic) bond motifs is 4. The van der Waals surface area contributed by atoms with Gasteiger partial charge in [0, 0.05) is 41.2 Å². The highest BCUT2D eigenvalue weighted by Crippen LogP contribution is 2.51. The Bertz CT molecular complexity index is 969. The molecule has 1 aliphatic carbocycles. The van der Waals surface area contributed by atoms with Crippen molar-refractivity contribution in [3.05, 3.63) is 52.5 Å². The summed E-state index contributed by atoms with van der Waals surface area (Å²) in [5, 5.41) is 2.54. The first-order chi connectivity index (χ1) is 11.7. The normalized spacial score (nSPS) is 12.0. The van der Waals surface area contributed by atoms with Gasteiger partial charge in [-0.3, -0.25) is 0 Å². The summed E-state index contributed by atoms with van der Waals surface area (Å²) < 4.78 is 16.1. The van der Waals surface area contributed by atoms with Crippen LogP contribution in [0.15, 0.2) is 36.4 Å². The quantitative estimate of drug-likeness (QED) is 0.397. The van der Waals surface area contributed by atoms with Crippen LogP contribution in [0.25, 0.3) is 21.9 Å². The molecule has 3 nitrogen and oxygen atoms in total. The predicted octanol–water partition coefficient (Wildman–Crippen LogP) is 5.31. The SMILES string of the molecule is COc1ccc2c(c1)Cc1c-2c(Cl)c2ccc(OC)cc2c1OS. The van der Waals surface area contributed by atoms with E-state index in [0.717, 1.165) is 56.2 Å². The lowest BCUT2D eigenvalue weighted by molar-refractivity contribution is 0.414. The van der Waals surface area contributed by atoms with Crippen molar-refractivity contribution in [2.75, 3.05) is 14.2 Å². The summed E-state index contributed by atoms with van der Waals surface area (Å²) in [4.78, 5) is 0. The lowest BCUT2D eigenvalue weighted by atomic mass is 9.98. The molecular weight excluding hydrogens is 344 g/mol. The van der Waals surface area contributed by atoms with Gasteiger partial charge in [-0.2, -0.15) is 0 Å². The molecule has 24 heavy (non-hydrogen) atoms. The van der Waals surface area contributed by atoms with Crippen molar-refractivity contribution in [1.82, 2.24) is 0 Å². The second kappa shape index (κ2) is 5.80. The third kappa shape index (κ3) is 2.14. The van der Waals surface area contributed by atoms with Gasteiger partial charge in [0.2, 0.25) is 0 Å². The molecule has 0 radical (unpaired) electrons. The van der Waals surface area contributed by atoms with Gasteiger partial charge in [0.05, 0.1) is 19.2 Å². The standard InChI is InChI=1S/C19H15ClO3S/c1-21-11-3-5-13-10(7-11)8-16-17(13)18(20)14-6-4-12(22-2)9-15(14)19(16)23-24/h3-7,9,24H,8H2,1-2H3. The number of ether oxygens (including phenoxy) is 2. The molecular formula is C19H15ClO3S. The van der Waals surface area contributed by atoms with E-state index in [1.54, 1.807) is 14.2 Å². The van der Waals surface area contributed by atoms with Crippen molar-refractivity contribution in [3.63, 3.8) is 0 Å². The maximum Gasteiger partial charge on any atom is 0.149 e. The Labute approximate surface area is 150 Å². The van der Waals surface area contributed by atoms with Crippen LogP contribution < -0.4 is 13.7 Å². The minimum Gasteiger partial charge on any atom is -0.497 e. The molecule has 0 saturated carbocycles. The Hall–Kier alpha value is -2.04. The fourth-order valence-corrected chi connectivity index (χ4v) is 3.99. The lowest BCUT2D eigenvalue weighted by Gasteiger charge is -2.14. The number of benzene rings is 3. The monoisotopic (exact) mass is 358 g/mol. The smallest absolute Gasteiger partial charge is 0.149 e. The summed E-state index contributed by atoms with van der Waals surface area (Å²) in [6.07, 6.45) is 0.727. The second-order valence-corrected chi connectivity index (χ2v) is 6.26. The average Bonchev–Trinajstić information content (AvgIpc) is 3.00. The molecule has 0 fully saturated rings. The molecule has 3 aromatic rings. The number of rotatable bonds is 3. The van der Waals surface area contributed by atoms with Crippen LogP contribution in [0.5, 0.6) is 17.2 Å². The molecule has 0 atom stereocenters. The van der Waals surface area contributed by atoms with E-state index in [1.165, 1.54) is 5.56 Å². The van der Waals surface area contributed by atoms with Gasteiger partial charge in [0.15, 0.2) is 0 Å². The van der Waals surface area contributed by atoms with E-state index in [0.29, 0.717) is 0 Å². The fourth-order valence-electron chi connectivity index (χ4n) is 3.40. The summed E-state index contributed by atoms with van der Waals surface area (Å²) in [5.41, 5.74) is 4.33. The van der Waals surface area contributed by atoms with Gasteiger partial charge in [0.25, 0.3) is 0 Å². The van der Waals surface area contributed by atoms with E-state index in [4.69, 9.17) is 25.3 Å². The zero-order valence-corrected chi connectivity index (χ0v) is 14.9. The van der Waals surface area contributed by atoms with Crippen LogP contribution >= 0.6 is 24.5 Å². The van der Waals surface area contributed by atoms with Crippen molar-refractivity contribution in [3.8, 4) is 28.4 Å². The van der Waals surface area contributed by atoms with Crippen LogP contribution in [0.3, 0.4) is 0 Å². The Morgan fingerprint density at radius 2 is 1.67 bits per heavy atom. The molecule has 0 spiro atoms. The van der Waals surface area contributed by atoms with Crippen LogP contribution in [0.4, 0.5) is 0 Å². The average molecular weight is 359 g/mol. The van der Waals surface area contributed by atoms with Crippen molar-refractivity contribution in [2.45, 2.75) is 6.42 Å². The molecule has 4 rings (SSSR count). The van der Waals surface area contributed by atoms with Gasteiger partial charge in [0.1, 0.15) is 17.2 Å². The number of halogens is 1. The number of hydrogen-bond acceptors (Lipinski definition) is 4. The van der Waals surface area contributed by atoms with Gasteiger partial charge in [-0.25, -0.2) is 0 Å². The molecule has 3 aromatic carbocycles. The molecule has 0 aromatic heterocycles. The highest BCUT2D eigenvalue weighted by atomic mass is 35.5. The number of hydrogen-bond donors (Lipinski definition) is 1. The van der Waals surface area contributed by atoms with E-state index in [9.17, 15) is 0 Å². The van der Waals surface area contributed by atoms with Gasteiger partial charge >= 0.3 is 0 Å². The molecule has 0 saturated heterocycles. The minimum atomic E-state index is 0.723. The summed E-state index contributed by atoms with van der Waals surface area (Å²) in [5.74, 6) is 2.31. The predicted molar refractivity (Wildman–Crippen MR) is 99.9 cm³/mol. The third-order valence-electron chi connectivity index (χ3n) is 4.54. The van der Waals surface area contributed by atoms with Gasteiger partial charge in [-0.15, -0.1) is 0 Å². The van der Waals surface area contributed by atoms with E-state index in [-0.39, 0.29) is 0 Å². The van der Waals surface area contributed by atoms with E-state index >= 15 is 0 Å². The first-order valence-electron chi connectivity index (χ1n) is 7.48. The third-order valence-corrected chi connectivity index (χ3v) is 5.12. The fraction of sp³-hybridized carbons (Fsp3) is 0.158. The molecule has 0 amide bonds. The summed E-state index contributed by atoms with van der Waals surface area (Å²) in [6, 6.07) is 11.8. The maximum absolute atomic E-state index is 6.76. The summed E-state index contributed by atoms with van der Waals surface area (Å²) in [6.45, 7) is 0. The topological polar surface area (TPSA) is 27.7 Å². The van der Waals surface area contributed by atoms with Crippen molar-refractivity contribution in [2.24, 2.45) is 0 Å². The van der Waals surface area contributed by atoms with Crippen LogP contribution in [-0.4, -0.2) is 14.2 Å². The second-order valence-electron chi connectivity index (χ2n) is 5.70. The molecule has 0 bridgehead atoms. The van der Waals surface area contributed by atoms with Gasteiger partial charge in [-0.05, 0) is 41.5 Å². The Morgan fingerprint density at radius 1 is 0.958 bits per heavy atom. The summed E-state index contributed by atoms with van der Waals surface area (Å²) in [7, 11) is 3.30. The van der Waals surface area contributed by atoms with E-state index in [2.05, 4.69) is 12.9 Å². The molecule has 0 heterocycles. The Balaban J connectivity index is 2.05. The van der Waals surface area contributed by atoms with Crippen LogP contribution in [0.1, 0.15) is 11.1 Å². The first-order valence-corrected chi connectivity index (χ1v) is 8.23. The highest BCUT2D eigenvalue weighted by Gasteiger charge is 2.28. The number of methoxy groups -OCH3 is 2. The molecule has 122 valence electrons. The lowest BCUT2D eigenvalue weighted by Crippen LogP contribution is -1.92. The van der Waals surface area contributed by atoms with Crippen molar-refractivity contribution in [1.29, 1.82) is 0 Å². The molecule has 0 aliphatic heterocycles. The summed E-state index contributed by atoms with van der Waals surface area (Å²) >= 11 is 10.9.